The van der Waals surface area contributed by atoms with Crippen molar-refractivity contribution in [2.45, 2.75) is 62.9 Å². The number of aryl methyl sites for hydroxylation is 1. The Kier molecular flexibility index (Phi) is 11.9. The molecule has 0 aliphatic carbocycles. The van der Waals surface area contributed by atoms with E-state index in [1.165, 1.54) is 21.3 Å². The number of benzene rings is 2. The highest BCUT2D eigenvalue weighted by Crippen LogP contribution is 2.26. The van der Waals surface area contributed by atoms with Gasteiger partial charge in [0.05, 0.1) is 18.1 Å². The van der Waals surface area contributed by atoms with Crippen LogP contribution in [0.25, 0.3) is 0 Å². The highest BCUT2D eigenvalue weighted by Gasteiger charge is 2.50. The average Bonchev–Trinajstić information content (AvgIpc) is 2.98. The summed E-state index contributed by atoms with van der Waals surface area (Å²) in [5.74, 6) is 4.55. The fourth-order valence-corrected chi connectivity index (χ4v) is 6.09. The van der Waals surface area contributed by atoms with E-state index in [-0.39, 0.29) is 37.5 Å². The predicted molar refractivity (Wildman–Crippen MR) is 153 cm³/mol. The Morgan fingerprint density at radius 2 is 1.51 bits per heavy atom. The fraction of sp³-hybridized carbons (Fsp3) is 0.517. The van der Waals surface area contributed by atoms with E-state index in [4.69, 9.17) is 20.2 Å². The Bertz CT molecular complexity index is 1230. The number of nitrogens with zero attached hydrogens (tertiary/aromatic N) is 2. The van der Waals surface area contributed by atoms with E-state index in [0.29, 0.717) is 38.2 Å². The zero-order valence-electron chi connectivity index (χ0n) is 23.8. The number of ether oxygens (including phenoxy) is 2. The van der Waals surface area contributed by atoms with E-state index >= 15 is 0 Å². The molecule has 2 aromatic carbocycles. The predicted octanol–water partition coefficient (Wildman–Crippen LogP) is 3.22. The zero-order chi connectivity index (χ0) is 29.9. The number of carboxylic acid groups (broad SMARTS) is 1. The molecule has 1 atom stereocenters. The summed E-state index contributed by atoms with van der Waals surface area (Å²) in [6, 6.07) is 13.9. The number of hydrogen-bond donors (Lipinski definition) is 2. The van der Waals surface area contributed by atoms with Gasteiger partial charge >= 0.3 is 5.97 Å². The highest BCUT2D eigenvalue weighted by molar-refractivity contribution is 7.89. The standard InChI is InChI=1S/C29H41N3O8S/c1-3-5-22-39-25-13-15-26(16-14-25)41(36,37)32-20-18-31(19-21-32)27(33)29(40-30,28(34)35)17-7-6-8-23-9-11-24(12-10-23)38-4-2/h9-16H,3-8,17-22,30H2,1-2H3,(H,34,35)/t29-/m0/s1. The summed E-state index contributed by atoms with van der Waals surface area (Å²) in [4.78, 5) is 31.9. The number of sulfonamides is 1. The summed E-state index contributed by atoms with van der Waals surface area (Å²) in [5.41, 5.74) is -1.18. The van der Waals surface area contributed by atoms with Gasteiger partial charge in [-0.05, 0) is 81.0 Å². The van der Waals surface area contributed by atoms with Gasteiger partial charge in [-0.15, -0.1) is 0 Å². The van der Waals surface area contributed by atoms with Gasteiger partial charge in [0, 0.05) is 26.2 Å². The Morgan fingerprint density at radius 1 is 0.902 bits per heavy atom. The third kappa shape index (κ3) is 8.19. The van der Waals surface area contributed by atoms with Crippen molar-refractivity contribution in [1.29, 1.82) is 0 Å². The number of carbonyl (C=O) groups is 2. The van der Waals surface area contributed by atoms with Crippen molar-refractivity contribution in [3.05, 3.63) is 54.1 Å². The molecule has 3 N–H and O–H groups in total. The number of aliphatic carboxylic acids is 1. The van der Waals surface area contributed by atoms with Crippen LogP contribution in [0.5, 0.6) is 11.5 Å². The molecule has 1 aliphatic heterocycles. The maximum Gasteiger partial charge on any atom is 0.348 e. The van der Waals surface area contributed by atoms with Gasteiger partial charge in [-0.1, -0.05) is 25.5 Å². The van der Waals surface area contributed by atoms with Crippen molar-refractivity contribution in [3.8, 4) is 11.5 Å². The van der Waals surface area contributed by atoms with E-state index in [1.54, 1.807) is 12.1 Å². The molecular formula is C29H41N3O8S. The van der Waals surface area contributed by atoms with Crippen LogP contribution in [0.15, 0.2) is 53.4 Å². The van der Waals surface area contributed by atoms with Crippen LogP contribution in [-0.4, -0.2) is 79.6 Å². The topological polar surface area (TPSA) is 149 Å². The van der Waals surface area contributed by atoms with Crippen molar-refractivity contribution in [2.24, 2.45) is 5.90 Å². The second-order valence-corrected chi connectivity index (χ2v) is 11.8. The second kappa shape index (κ2) is 15.2. The first-order chi connectivity index (χ1) is 19.7. The molecule has 0 unspecified atom stereocenters. The Labute approximate surface area is 242 Å². The minimum absolute atomic E-state index is 0.0147. The van der Waals surface area contributed by atoms with E-state index in [9.17, 15) is 23.1 Å². The number of piperazine rings is 1. The van der Waals surface area contributed by atoms with Gasteiger partial charge in [-0.25, -0.2) is 19.1 Å². The van der Waals surface area contributed by atoms with Gasteiger partial charge < -0.3 is 19.5 Å². The summed E-state index contributed by atoms with van der Waals surface area (Å²) < 4.78 is 38.7. The molecular weight excluding hydrogens is 550 g/mol. The minimum Gasteiger partial charge on any atom is -0.494 e. The van der Waals surface area contributed by atoms with Crippen LogP contribution in [0.1, 0.15) is 51.5 Å². The number of amides is 1. The molecule has 2 aromatic rings. The SMILES string of the molecule is CCCCOc1ccc(S(=O)(=O)N2CCN(C(=O)[C@](CCCCc3ccc(OCC)cc3)(ON)C(=O)O)CC2)cc1. The molecule has 3 rings (SSSR count). The van der Waals surface area contributed by atoms with E-state index in [1.807, 2.05) is 31.2 Å². The Hall–Kier alpha value is -3.19. The lowest BCUT2D eigenvalue weighted by atomic mass is 9.93. The van der Waals surface area contributed by atoms with Crippen LogP contribution in [0.2, 0.25) is 0 Å². The lowest BCUT2D eigenvalue weighted by Gasteiger charge is -2.38. The summed E-state index contributed by atoms with van der Waals surface area (Å²) >= 11 is 0. The van der Waals surface area contributed by atoms with Crippen LogP contribution in [0.3, 0.4) is 0 Å². The van der Waals surface area contributed by atoms with Gasteiger partial charge in [-0.2, -0.15) is 4.31 Å². The van der Waals surface area contributed by atoms with Crippen LogP contribution in [0, 0.1) is 0 Å². The molecule has 12 heteroatoms. The first-order valence-electron chi connectivity index (χ1n) is 14.0. The molecule has 1 saturated heterocycles. The van der Waals surface area contributed by atoms with E-state index in [0.717, 1.165) is 24.2 Å². The molecule has 0 saturated carbocycles. The highest BCUT2D eigenvalue weighted by atomic mass is 32.2. The van der Waals surface area contributed by atoms with Gasteiger partial charge in [-0.3, -0.25) is 9.63 Å². The summed E-state index contributed by atoms with van der Waals surface area (Å²) in [6.45, 7) is 5.17. The van der Waals surface area contributed by atoms with Crippen molar-refractivity contribution in [3.63, 3.8) is 0 Å². The molecule has 1 aliphatic rings. The lowest BCUT2D eigenvalue weighted by molar-refractivity contribution is -0.182. The first-order valence-corrected chi connectivity index (χ1v) is 15.5. The first kappa shape index (κ1) is 32.3. The van der Waals surface area contributed by atoms with Crippen LogP contribution in [0.4, 0.5) is 0 Å². The monoisotopic (exact) mass is 591 g/mol. The van der Waals surface area contributed by atoms with Crippen LogP contribution >= 0.6 is 0 Å². The third-order valence-electron chi connectivity index (χ3n) is 7.12. The average molecular weight is 592 g/mol. The van der Waals surface area contributed by atoms with Crippen molar-refractivity contribution in [2.75, 3.05) is 39.4 Å². The second-order valence-electron chi connectivity index (χ2n) is 9.90. The number of nitrogens with two attached hydrogens (primary N) is 1. The lowest BCUT2D eigenvalue weighted by Crippen LogP contribution is -2.61. The Balaban J connectivity index is 1.57. The molecule has 226 valence electrons. The number of unbranched alkanes of at least 4 members (excludes halogenated alkanes) is 2. The minimum atomic E-state index is -3.80. The maximum absolute atomic E-state index is 13.4. The molecule has 0 radical (unpaired) electrons. The molecule has 0 spiro atoms. The molecule has 1 heterocycles. The summed E-state index contributed by atoms with van der Waals surface area (Å²) in [6.07, 6.45) is 3.48. The normalized spacial score (nSPS) is 15.7. The number of carboxylic acids is 1. The molecule has 1 amide bonds. The van der Waals surface area contributed by atoms with Gasteiger partial charge in [0.15, 0.2) is 0 Å². The van der Waals surface area contributed by atoms with Crippen molar-refractivity contribution in [1.82, 2.24) is 9.21 Å². The van der Waals surface area contributed by atoms with Crippen LogP contribution < -0.4 is 15.4 Å². The van der Waals surface area contributed by atoms with Gasteiger partial charge in [0.2, 0.25) is 10.0 Å². The Morgan fingerprint density at radius 3 is 2.07 bits per heavy atom. The van der Waals surface area contributed by atoms with E-state index < -0.39 is 27.5 Å². The quantitative estimate of drug-likeness (QED) is 0.170. The number of carbonyl (C=O) groups excluding carboxylic acids is 1. The zero-order valence-corrected chi connectivity index (χ0v) is 24.6. The smallest absolute Gasteiger partial charge is 0.348 e. The maximum atomic E-state index is 13.4. The summed E-state index contributed by atoms with van der Waals surface area (Å²) in [7, 11) is -3.80. The molecule has 0 aromatic heterocycles. The van der Waals surface area contributed by atoms with Crippen molar-refractivity contribution < 1.29 is 37.4 Å². The van der Waals surface area contributed by atoms with Crippen molar-refractivity contribution >= 4 is 21.9 Å². The van der Waals surface area contributed by atoms with Gasteiger partial charge in [0.1, 0.15) is 11.5 Å². The van der Waals surface area contributed by atoms with Crippen LogP contribution in [-0.2, 0) is 30.9 Å². The molecule has 0 bridgehead atoms. The number of rotatable bonds is 16. The molecule has 1 fully saturated rings. The third-order valence-corrected chi connectivity index (χ3v) is 9.04. The van der Waals surface area contributed by atoms with E-state index in [2.05, 4.69) is 6.92 Å². The number of hydrogen-bond acceptors (Lipinski definition) is 8. The van der Waals surface area contributed by atoms with Gasteiger partial charge in [0.25, 0.3) is 11.5 Å². The summed E-state index contributed by atoms with van der Waals surface area (Å²) in [5, 5.41) is 9.96. The largest absolute Gasteiger partial charge is 0.494 e. The molecule has 41 heavy (non-hydrogen) atoms. The fourth-order valence-electron chi connectivity index (χ4n) is 4.67. The molecule has 11 nitrogen and oxygen atoms in total.